The fourth-order valence-electron chi connectivity index (χ4n) is 7.72. The van der Waals surface area contributed by atoms with Crippen molar-refractivity contribution >= 4 is 5.69 Å². The van der Waals surface area contributed by atoms with Gasteiger partial charge in [0.15, 0.2) is 0 Å². The molecule has 0 radical (unpaired) electrons. The molecule has 2 aliphatic heterocycles. The fourth-order valence-corrected chi connectivity index (χ4v) is 7.72. The van der Waals surface area contributed by atoms with Crippen molar-refractivity contribution in [3.63, 3.8) is 0 Å². The van der Waals surface area contributed by atoms with E-state index < -0.39 is 0 Å². The van der Waals surface area contributed by atoms with E-state index in [9.17, 15) is 0 Å². The van der Waals surface area contributed by atoms with Gasteiger partial charge in [-0.2, -0.15) is 0 Å². The second-order valence-corrected chi connectivity index (χ2v) is 10.1. The molecule has 1 aromatic rings. The van der Waals surface area contributed by atoms with Gasteiger partial charge in [-0.05, 0) is 76.1 Å². The van der Waals surface area contributed by atoms with Crippen molar-refractivity contribution in [2.75, 3.05) is 4.90 Å². The number of anilines is 1. The summed E-state index contributed by atoms with van der Waals surface area (Å²) in [6.45, 7) is 7.23. The van der Waals surface area contributed by atoms with Crippen LogP contribution in [0.15, 0.2) is 36.5 Å². The Balaban J connectivity index is 1.56. The number of rotatable bonds is 3. The van der Waals surface area contributed by atoms with Crippen molar-refractivity contribution < 1.29 is 0 Å². The lowest BCUT2D eigenvalue weighted by atomic mass is 9.57. The van der Waals surface area contributed by atoms with Gasteiger partial charge >= 0.3 is 0 Å². The minimum absolute atomic E-state index is 0.405. The van der Waals surface area contributed by atoms with E-state index in [1.165, 1.54) is 69.0 Å². The van der Waals surface area contributed by atoms with Crippen LogP contribution in [-0.4, -0.2) is 23.1 Å². The quantitative estimate of drug-likeness (QED) is 0.592. The van der Waals surface area contributed by atoms with Gasteiger partial charge < -0.3 is 9.80 Å². The summed E-state index contributed by atoms with van der Waals surface area (Å²) in [4.78, 5) is 5.49. The zero-order chi connectivity index (χ0) is 19.3. The Bertz CT molecular complexity index is 728. The van der Waals surface area contributed by atoms with Gasteiger partial charge in [-0.3, -0.25) is 0 Å². The minimum Gasteiger partial charge on any atom is -0.352 e. The first-order chi connectivity index (χ1) is 13.6. The fraction of sp³-hybridized carbons (Fsp3) is 0.692. The van der Waals surface area contributed by atoms with E-state index in [0.29, 0.717) is 23.7 Å². The van der Waals surface area contributed by atoms with Crippen LogP contribution in [0.1, 0.15) is 77.2 Å². The molecule has 2 nitrogen and oxygen atoms in total. The zero-order valence-corrected chi connectivity index (χ0v) is 18.1. The highest BCUT2D eigenvalue weighted by molar-refractivity contribution is 5.56. The molecule has 1 saturated heterocycles. The van der Waals surface area contributed by atoms with Crippen molar-refractivity contribution in [3.8, 4) is 0 Å². The van der Waals surface area contributed by atoms with Crippen LogP contribution in [0, 0.1) is 24.2 Å². The van der Waals surface area contributed by atoms with Crippen LogP contribution < -0.4 is 4.90 Å². The molecule has 152 valence electrons. The van der Waals surface area contributed by atoms with Crippen LogP contribution in [0.4, 0.5) is 5.69 Å². The Morgan fingerprint density at radius 1 is 0.857 bits per heavy atom. The molecule has 0 spiro atoms. The predicted octanol–water partition coefficient (Wildman–Crippen LogP) is 6.50. The molecule has 3 fully saturated rings. The molecular weight excluding hydrogens is 340 g/mol. The Morgan fingerprint density at radius 2 is 1.46 bits per heavy atom. The van der Waals surface area contributed by atoms with Crippen molar-refractivity contribution in [1.29, 1.82) is 0 Å². The minimum atomic E-state index is 0.405. The summed E-state index contributed by atoms with van der Waals surface area (Å²) in [5, 5.41) is 0. The highest BCUT2D eigenvalue weighted by atomic mass is 15.5. The van der Waals surface area contributed by atoms with Crippen LogP contribution in [0.3, 0.4) is 0 Å². The molecule has 1 aromatic carbocycles. The normalized spacial score (nSPS) is 36.5. The van der Waals surface area contributed by atoms with E-state index in [2.05, 4.69) is 67.1 Å². The van der Waals surface area contributed by atoms with E-state index in [0.717, 1.165) is 11.8 Å². The van der Waals surface area contributed by atoms with Gasteiger partial charge in [0.05, 0.1) is 12.2 Å². The number of benzene rings is 1. The second kappa shape index (κ2) is 7.11. The highest BCUT2D eigenvalue weighted by Gasteiger charge is 2.60. The largest absolute Gasteiger partial charge is 0.352 e. The first kappa shape index (κ1) is 18.6. The Labute approximate surface area is 172 Å². The smallest absolute Gasteiger partial charge is 0.0989 e. The molecular formula is C26H38N2. The summed E-state index contributed by atoms with van der Waals surface area (Å²) in [6.07, 6.45) is 18.8. The first-order valence-corrected chi connectivity index (χ1v) is 12.0. The lowest BCUT2D eigenvalue weighted by Crippen LogP contribution is -2.52. The standard InChI is InChI=1S/C26H38N2/c1-19-11-7-10-16-24(19)28-20(2)25-26(23-14-8-9-15-23,17-18-27(25)21(28)3)22-12-5-4-6-13-22/h7,10-11,16-18,20-23,25H,4-6,8-9,12-15H2,1-3H3/t20-,21?,25?,26?/m0/s1. The van der Waals surface area contributed by atoms with Crippen LogP contribution >= 0.6 is 0 Å². The Kier molecular flexibility index (Phi) is 4.72. The summed E-state index contributed by atoms with van der Waals surface area (Å²) in [6, 6.07) is 10.2. The summed E-state index contributed by atoms with van der Waals surface area (Å²) in [5.74, 6) is 1.79. The number of para-hydroxylation sites is 1. The van der Waals surface area contributed by atoms with Crippen molar-refractivity contribution in [2.45, 2.75) is 96.8 Å². The Morgan fingerprint density at radius 3 is 2.11 bits per heavy atom. The summed E-state index contributed by atoms with van der Waals surface area (Å²) in [7, 11) is 0. The summed E-state index contributed by atoms with van der Waals surface area (Å²) in [5.41, 5.74) is 3.26. The average molecular weight is 379 g/mol. The van der Waals surface area contributed by atoms with Crippen LogP contribution in [0.5, 0.6) is 0 Å². The highest BCUT2D eigenvalue weighted by Crippen LogP contribution is 2.59. The lowest BCUT2D eigenvalue weighted by Gasteiger charge is -2.49. The molecule has 2 heteroatoms. The number of hydrogen-bond acceptors (Lipinski definition) is 2. The molecule has 28 heavy (non-hydrogen) atoms. The third-order valence-electron chi connectivity index (χ3n) is 8.87. The van der Waals surface area contributed by atoms with Crippen LogP contribution in [0.25, 0.3) is 0 Å². The predicted molar refractivity (Wildman–Crippen MR) is 118 cm³/mol. The number of fused-ring (bicyclic) bond motifs is 1. The van der Waals surface area contributed by atoms with Gasteiger partial charge in [-0.1, -0.05) is 56.4 Å². The zero-order valence-electron chi connectivity index (χ0n) is 18.1. The lowest BCUT2D eigenvalue weighted by molar-refractivity contribution is 0.0341. The van der Waals surface area contributed by atoms with E-state index in [1.807, 2.05) is 0 Å². The maximum atomic E-state index is 2.75. The number of nitrogens with zero attached hydrogens (tertiary/aromatic N) is 2. The van der Waals surface area contributed by atoms with Crippen LogP contribution in [0.2, 0.25) is 0 Å². The Hall–Kier alpha value is -1.44. The monoisotopic (exact) mass is 378 g/mol. The van der Waals surface area contributed by atoms with Gasteiger partial charge in [0, 0.05) is 17.1 Å². The molecule has 3 unspecified atom stereocenters. The molecule has 2 aliphatic carbocycles. The second-order valence-electron chi connectivity index (χ2n) is 10.1. The summed E-state index contributed by atoms with van der Waals surface area (Å²) < 4.78 is 0. The average Bonchev–Trinajstić information content (AvgIpc) is 3.43. The van der Waals surface area contributed by atoms with Crippen molar-refractivity contribution in [3.05, 3.63) is 42.1 Å². The molecule has 4 aliphatic rings. The molecule has 0 bridgehead atoms. The van der Waals surface area contributed by atoms with Gasteiger partial charge in [-0.25, -0.2) is 0 Å². The molecule has 0 aromatic heterocycles. The molecule has 0 N–H and O–H groups in total. The van der Waals surface area contributed by atoms with Crippen LogP contribution in [-0.2, 0) is 0 Å². The number of aryl methyl sites for hydroxylation is 1. The van der Waals surface area contributed by atoms with Crippen molar-refractivity contribution in [2.24, 2.45) is 17.3 Å². The van der Waals surface area contributed by atoms with Gasteiger partial charge in [0.1, 0.15) is 0 Å². The number of hydrogen-bond donors (Lipinski definition) is 0. The van der Waals surface area contributed by atoms with Gasteiger partial charge in [0.25, 0.3) is 0 Å². The van der Waals surface area contributed by atoms with Crippen molar-refractivity contribution in [1.82, 2.24) is 4.90 Å². The SMILES string of the molecule is Cc1ccccc1N1C(C)N2C=CC(C3CCCCC3)(C3CCCC3)C2[C@@H]1C. The maximum absolute atomic E-state index is 2.75. The molecule has 5 rings (SSSR count). The maximum Gasteiger partial charge on any atom is 0.0989 e. The molecule has 0 amide bonds. The summed E-state index contributed by atoms with van der Waals surface area (Å²) >= 11 is 0. The van der Waals surface area contributed by atoms with E-state index >= 15 is 0 Å². The van der Waals surface area contributed by atoms with Gasteiger partial charge in [0.2, 0.25) is 0 Å². The first-order valence-electron chi connectivity index (χ1n) is 12.0. The third kappa shape index (κ3) is 2.59. The van der Waals surface area contributed by atoms with E-state index in [4.69, 9.17) is 0 Å². The topological polar surface area (TPSA) is 6.48 Å². The van der Waals surface area contributed by atoms with Gasteiger partial charge in [-0.15, -0.1) is 0 Å². The molecule has 4 atom stereocenters. The molecule has 2 saturated carbocycles. The third-order valence-corrected chi connectivity index (χ3v) is 8.87. The molecule has 2 heterocycles. The van der Waals surface area contributed by atoms with E-state index in [-0.39, 0.29) is 0 Å². The van der Waals surface area contributed by atoms with E-state index in [1.54, 1.807) is 0 Å².